The molecule has 4 bridgehead atoms. The topological polar surface area (TPSA) is 35.2 Å². The van der Waals surface area contributed by atoms with Gasteiger partial charge in [0.2, 0.25) is 0 Å². The highest BCUT2D eigenvalue weighted by molar-refractivity contribution is 5.05. The minimum absolute atomic E-state index is 0.470. The predicted molar refractivity (Wildman–Crippen MR) is 71.6 cm³/mol. The molecule has 0 aliphatic heterocycles. The molecule has 5 rings (SSSR count). The number of nitrogens with two attached hydrogens (primary N) is 1. The van der Waals surface area contributed by atoms with Crippen LogP contribution in [0.2, 0.25) is 0 Å². The predicted octanol–water partition coefficient (Wildman–Crippen LogP) is 3.51. The zero-order valence-corrected chi connectivity index (χ0v) is 11.4. The van der Waals surface area contributed by atoms with Crippen molar-refractivity contribution in [3.63, 3.8) is 0 Å². The Morgan fingerprint density at radius 3 is 1.94 bits per heavy atom. The highest BCUT2D eigenvalue weighted by atomic mass is 16.6. The van der Waals surface area contributed by atoms with E-state index < -0.39 is 0 Å². The lowest BCUT2D eigenvalue weighted by molar-refractivity contribution is -0.120. The molecule has 0 amide bonds. The molecular weight excluding hydrogens is 222 g/mol. The summed E-state index contributed by atoms with van der Waals surface area (Å²) in [6.45, 7) is 0.833. The first-order valence-corrected chi connectivity index (χ1v) is 8.12. The van der Waals surface area contributed by atoms with Crippen LogP contribution in [0.4, 0.5) is 0 Å². The van der Waals surface area contributed by atoms with Crippen LogP contribution >= 0.6 is 0 Å². The molecule has 0 radical (unpaired) electrons. The van der Waals surface area contributed by atoms with E-state index in [0.717, 1.165) is 36.2 Å². The van der Waals surface area contributed by atoms with Crippen molar-refractivity contribution in [3.05, 3.63) is 0 Å². The third-order valence-corrected chi connectivity index (χ3v) is 6.90. The molecule has 0 saturated heterocycles. The molecule has 0 aromatic rings. The highest BCUT2D eigenvalue weighted by Crippen LogP contribution is 2.63. The van der Waals surface area contributed by atoms with Crippen molar-refractivity contribution in [1.29, 1.82) is 0 Å². The van der Waals surface area contributed by atoms with Crippen molar-refractivity contribution in [2.75, 3.05) is 6.61 Å². The van der Waals surface area contributed by atoms with Crippen LogP contribution in [0.1, 0.15) is 57.8 Å². The molecular formula is C16H27NO. The summed E-state index contributed by atoms with van der Waals surface area (Å²) in [4.78, 5) is 5.19. The van der Waals surface area contributed by atoms with E-state index in [2.05, 4.69) is 0 Å². The molecule has 18 heavy (non-hydrogen) atoms. The van der Waals surface area contributed by atoms with Crippen LogP contribution < -0.4 is 5.90 Å². The first-order valence-electron chi connectivity index (χ1n) is 8.12. The minimum Gasteiger partial charge on any atom is -0.304 e. The Morgan fingerprint density at radius 2 is 1.44 bits per heavy atom. The zero-order valence-electron chi connectivity index (χ0n) is 11.4. The lowest BCUT2D eigenvalue weighted by Crippen LogP contribution is -2.52. The summed E-state index contributed by atoms with van der Waals surface area (Å²) < 4.78 is 0. The van der Waals surface area contributed by atoms with Crippen LogP contribution in [0.5, 0.6) is 0 Å². The lowest BCUT2D eigenvalue weighted by atomic mass is 9.46. The van der Waals surface area contributed by atoms with Crippen LogP contribution in [0.25, 0.3) is 0 Å². The van der Waals surface area contributed by atoms with Gasteiger partial charge in [-0.15, -0.1) is 0 Å². The Kier molecular flexibility index (Phi) is 2.74. The first kappa shape index (κ1) is 11.7. The van der Waals surface area contributed by atoms with Crippen LogP contribution in [0, 0.1) is 35.0 Å². The third kappa shape index (κ3) is 1.61. The molecule has 0 unspecified atom stereocenters. The molecule has 2 N–H and O–H groups in total. The van der Waals surface area contributed by atoms with E-state index in [4.69, 9.17) is 10.7 Å². The molecule has 102 valence electrons. The van der Waals surface area contributed by atoms with Gasteiger partial charge in [-0.3, -0.25) is 0 Å². The smallest absolute Gasteiger partial charge is 0.0738 e. The van der Waals surface area contributed by atoms with E-state index >= 15 is 0 Å². The third-order valence-electron chi connectivity index (χ3n) is 6.90. The van der Waals surface area contributed by atoms with Gasteiger partial charge >= 0.3 is 0 Å². The molecule has 2 nitrogen and oxygen atoms in total. The van der Waals surface area contributed by atoms with E-state index in [1.165, 1.54) is 51.4 Å². The average molecular weight is 249 g/mol. The zero-order chi connectivity index (χ0) is 12.2. The van der Waals surface area contributed by atoms with Gasteiger partial charge in [-0.25, -0.2) is 5.90 Å². The van der Waals surface area contributed by atoms with Gasteiger partial charge in [0.05, 0.1) is 6.61 Å². The summed E-state index contributed by atoms with van der Waals surface area (Å²) >= 11 is 0. The first-order chi connectivity index (χ1) is 8.81. The molecule has 5 aliphatic rings. The molecule has 0 atom stereocenters. The Hall–Kier alpha value is -0.0800. The molecule has 5 aliphatic carbocycles. The maximum atomic E-state index is 5.49. The van der Waals surface area contributed by atoms with E-state index in [9.17, 15) is 0 Å². The summed E-state index contributed by atoms with van der Waals surface area (Å²) in [5, 5.41) is 0. The van der Waals surface area contributed by atoms with Gasteiger partial charge in [-0.1, -0.05) is 12.8 Å². The normalized spacial score (nSPS) is 48.8. The summed E-state index contributed by atoms with van der Waals surface area (Å²) in [5.41, 5.74) is 0.470. The second-order valence-electron chi connectivity index (χ2n) is 7.84. The number of hydrogen-bond acceptors (Lipinski definition) is 2. The van der Waals surface area contributed by atoms with Crippen molar-refractivity contribution in [1.82, 2.24) is 0 Å². The van der Waals surface area contributed by atoms with Crippen molar-refractivity contribution in [3.8, 4) is 0 Å². The number of hydrogen-bond donors (Lipinski definition) is 1. The lowest BCUT2D eigenvalue weighted by Gasteiger charge is -2.59. The quantitative estimate of drug-likeness (QED) is 0.777. The minimum atomic E-state index is 0.470. The SMILES string of the molecule is NOCC1(C2C3CC4CC(C3)CC2C4)CCCC1. The Morgan fingerprint density at radius 1 is 0.889 bits per heavy atom. The molecule has 0 heterocycles. The van der Waals surface area contributed by atoms with Gasteiger partial charge in [0.15, 0.2) is 0 Å². The second kappa shape index (κ2) is 4.21. The summed E-state index contributed by atoms with van der Waals surface area (Å²) in [5.74, 6) is 10.7. The van der Waals surface area contributed by atoms with E-state index in [1.807, 2.05) is 0 Å². The van der Waals surface area contributed by atoms with Crippen molar-refractivity contribution < 1.29 is 4.84 Å². The standard InChI is InChI=1S/C16H27NO/c17-18-10-16(3-1-2-4-16)15-13-6-11-5-12(8-13)9-14(15)7-11/h11-15H,1-10,17H2. The molecule has 0 aromatic heterocycles. The van der Waals surface area contributed by atoms with Gasteiger partial charge in [0.25, 0.3) is 0 Å². The highest BCUT2D eigenvalue weighted by Gasteiger charge is 2.56. The van der Waals surface area contributed by atoms with Crippen molar-refractivity contribution in [2.45, 2.75) is 57.8 Å². The Bertz CT molecular complexity index is 293. The van der Waals surface area contributed by atoms with Gasteiger partial charge in [-0.05, 0) is 80.0 Å². The largest absolute Gasteiger partial charge is 0.304 e. The Labute approximate surface area is 111 Å². The number of rotatable bonds is 3. The fourth-order valence-electron chi connectivity index (χ4n) is 6.74. The molecule has 5 fully saturated rings. The van der Waals surface area contributed by atoms with Gasteiger partial charge < -0.3 is 4.84 Å². The second-order valence-corrected chi connectivity index (χ2v) is 7.84. The summed E-state index contributed by atoms with van der Waals surface area (Å²) in [6.07, 6.45) is 13.3. The van der Waals surface area contributed by atoms with Gasteiger partial charge in [0.1, 0.15) is 0 Å². The van der Waals surface area contributed by atoms with E-state index in [1.54, 1.807) is 6.42 Å². The van der Waals surface area contributed by atoms with Gasteiger partial charge in [0, 0.05) is 0 Å². The molecule has 5 saturated carbocycles. The maximum absolute atomic E-state index is 5.49. The fraction of sp³-hybridized carbons (Fsp3) is 1.00. The molecule has 0 aromatic carbocycles. The van der Waals surface area contributed by atoms with E-state index in [0.29, 0.717) is 5.41 Å². The molecule has 2 heteroatoms. The summed E-state index contributed by atoms with van der Waals surface area (Å²) in [6, 6.07) is 0. The van der Waals surface area contributed by atoms with Crippen molar-refractivity contribution >= 4 is 0 Å². The fourth-order valence-corrected chi connectivity index (χ4v) is 6.74. The maximum Gasteiger partial charge on any atom is 0.0738 e. The van der Waals surface area contributed by atoms with Crippen LogP contribution in [-0.2, 0) is 4.84 Å². The van der Waals surface area contributed by atoms with E-state index in [-0.39, 0.29) is 0 Å². The Balaban J connectivity index is 1.63. The van der Waals surface area contributed by atoms with Crippen LogP contribution in [0.3, 0.4) is 0 Å². The monoisotopic (exact) mass is 249 g/mol. The van der Waals surface area contributed by atoms with Crippen LogP contribution in [0.15, 0.2) is 0 Å². The van der Waals surface area contributed by atoms with Crippen molar-refractivity contribution in [2.24, 2.45) is 40.9 Å². The van der Waals surface area contributed by atoms with Gasteiger partial charge in [-0.2, -0.15) is 0 Å². The summed E-state index contributed by atoms with van der Waals surface area (Å²) in [7, 11) is 0. The van der Waals surface area contributed by atoms with Crippen LogP contribution in [-0.4, -0.2) is 6.61 Å². The average Bonchev–Trinajstić information content (AvgIpc) is 2.77. The molecule has 0 spiro atoms.